The number of carbonyl (C=O) groups is 1. The summed E-state index contributed by atoms with van der Waals surface area (Å²) in [7, 11) is 0. The molecule has 1 heterocycles. The van der Waals surface area contributed by atoms with Gasteiger partial charge in [0.05, 0.1) is 6.04 Å². The van der Waals surface area contributed by atoms with Crippen LogP contribution >= 0.6 is 11.3 Å². The summed E-state index contributed by atoms with van der Waals surface area (Å²) >= 11 is 1.63. The largest absolute Gasteiger partial charge is 0.484 e. The second-order valence-corrected chi connectivity index (χ2v) is 5.39. The van der Waals surface area contributed by atoms with E-state index in [4.69, 9.17) is 4.74 Å². The molecule has 1 atom stereocenters. The summed E-state index contributed by atoms with van der Waals surface area (Å²) in [5.74, 6) is 0.603. The first-order chi connectivity index (χ1) is 9.15. The lowest BCUT2D eigenvalue weighted by molar-refractivity contribution is -0.123. The van der Waals surface area contributed by atoms with Gasteiger partial charge in [0.25, 0.3) is 5.91 Å². The zero-order valence-electron chi connectivity index (χ0n) is 11.1. The Kier molecular flexibility index (Phi) is 4.58. The van der Waals surface area contributed by atoms with Gasteiger partial charge in [0.1, 0.15) is 5.75 Å². The van der Waals surface area contributed by atoms with Gasteiger partial charge in [-0.1, -0.05) is 23.8 Å². The van der Waals surface area contributed by atoms with E-state index in [1.807, 2.05) is 55.6 Å². The van der Waals surface area contributed by atoms with E-state index in [2.05, 4.69) is 5.32 Å². The molecule has 0 aliphatic carbocycles. The smallest absolute Gasteiger partial charge is 0.258 e. The summed E-state index contributed by atoms with van der Waals surface area (Å²) in [5.41, 5.74) is 1.17. The molecule has 1 unspecified atom stereocenters. The van der Waals surface area contributed by atoms with Crippen LogP contribution in [0.1, 0.15) is 23.4 Å². The molecule has 1 aromatic heterocycles. The summed E-state index contributed by atoms with van der Waals surface area (Å²) in [6, 6.07) is 11.7. The van der Waals surface area contributed by atoms with Crippen molar-refractivity contribution >= 4 is 17.2 Å². The number of hydrogen-bond acceptors (Lipinski definition) is 3. The Balaban J connectivity index is 1.80. The monoisotopic (exact) mass is 275 g/mol. The van der Waals surface area contributed by atoms with E-state index in [0.717, 1.165) is 4.88 Å². The van der Waals surface area contributed by atoms with Crippen LogP contribution < -0.4 is 10.1 Å². The van der Waals surface area contributed by atoms with Crippen LogP contribution in [0.25, 0.3) is 0 Å². The molecule has 0 radical (unpaired) electrons. The van der Waals surface area contributed by atoms with E-state index in [1.165, 1.54) is 5.56 Å². The molecule has 0 spiro atoms. The Labute approximate surface area is 117 Å². The second kappa shape index (κ2) is 6.38. The minimum atomic E-state index is -0.110. The molecule has 2 rings (SSSR count). The first-order valence-corrected chi connectivity index (χ1v) is 7.05. The fraction of sp³-hybridized carbons (Fsp3) is 0.267. The van der Waals surface area contributed by atoms with Crippen LogP contribution in [0.2, 0.25) is 0 Å². The number of carbonyl (C=O) groups excluding carboxylic acids is 1. The molecule has 2 aromatic rings. The van der Waals surface area contributed by atoms with Gasteiger partial charge in [-0.25, -0.2) is 0 Å². The van der Waals surface area contributed by atoms with E-state index in [1.54, 1.807) is 11.3 Å². The van der Waals surface area contributed by atoms with Crippen molar-refractivity contribution in [2.45, 2.75) is 19.9 Å². The summed E-state index contributed by atoms with van der Waals surface area (Å²) in [6.07, 6.45) is 0. The molecule has 0 saturated heterocycles. The second-order valence-electron chi connectivity index (χ2n) is 4.41. The summed E-state index contributed by atoms with van der Waals surface area (Å²) in [4.78, 5) is 12.9. The molecule has 0 bridgehead atoms. The molecular formula is C15H17NO2S. The Bertz CT molecular complexity index is 520. The quantitative estimate of drug-likeness (QED) is 0.909. The van der Waals surface area contributed by atoms with Gasteiger partial charge in [-0.05, 0) is 37.4 Å². The summed E-state index contributed by atoms with van der Waals surface area (Å²) in [5, 5.41) is 4.91. The van der Waals surface area contributed by atoms with Crippen molar-refractivity contribution in [3.8, 4) is 5.75 Å². The Morgan fingerprint density at radius 2 is 2.05 bits per heavy atom. The number of ether oxygens (including phenoxy) is 1. The molecule has 3 nitrogen and oxygen atoms in total. The predicted octanol–water partition coefficient (Wildman–Crippen LogP) is 3.31. The lowest BCUT2D eigenvalue weighted by atomic mass is 10.2. The van der Waals surface area contributed by atoms with Crippen LogP contribution in [0, 0.1) is 6.92 Å². The molecule has 1 amide bonds. The molecule has 19 heavy (non-hydrogen) atoms. The van der Waals surface area contributed by atoms with Crippen LogP contribution in [0.3, 0.4) is 0 Å². The van der Waals surface area contributed by atoms with Crippen LogP contribution in [0.5, 0.6) is 5.75 Å². The van der Waals surface area contributed by atoms with E-state index in [9.17, 15) is 4.79 Å². The molecule has 100 valence electrons. The van der Waals surface area contributed by atoms with Gasteiger partial charge < -0.3 is 10.1 Å². The van der Waals surface area contributed by atoms with Crippen LogP contribution in [0.4, 0.5) is 0 Å². The van der Waals surface area contributed by atoms with Gasteiger partial charge in [-0.3, -0.25) is 4.79 Å². The van der Waals surface area contributed by atoms with Crippen molar-refractivity contribution in [2.75, 3.05) is 6.61 Å². The third-order valence-corrected chi connectivity index (χ3v) is 3.79. The number of nitrogens with one attached hydrogen (secondary N) is 1. The Morgan fingerprint density at radius 3 is 2.68 bits per heavy atom. The van der Waals surface area contributed by atoms with Gasteiger partial charge in [-0.15, -0.1) is 11.3 Å². The average molecular weight is 275 g/mol. The van der Waals surface area contributed by atoms with E-state index < -0.39 is 0 Å². The first-order valence-electron chi connectivity index (χ1n) is 6.17. The highest BCUT2D eigenvalue weighted by atomic mass is 32.1. The van der Waals surface area contributed by atoms with Gasteiger partial charge in [0, 0.05) is 4.88 Å². The van der Waals surface area contributed by atoms with Crippen molar-refractivity contribution in [2.24, 2.45) is 0 Å². The summed E-state index contributed by atoms with van der Waals surface area (Å²) in [6.45, 7) is 4.02. The molecule has 4 heteroatoms. The third kappa shape index (κ3) is 4.10. The van der Waals surface area contributed by atoms with Crippen LogP contribution in [-0.4, -0.2) is 12.5 Å². The van der Waals surface area contributed by atoms with E-state index in [-0.39, 0.29) is 18.6 Å². The molecule has 0 aliphatic rings. The maximum Gasteiger partial charge on any atom is 0.258 e. The standard InChI is InChI=1S/C15H17NO2S/c1-11-5-7-13(8-6-11)18-10-15(17)16-12(2)14-4-3-9-19-14/h3-9,12H,10H2,1-2H3,(H,16,17). The lowest BCUT2D eigenvalue weighted by Gasteiger charge is -2.12. The zero-order valence-corrected chi connectivity index (χ0v) is 11.9. The number of aryl methyl sites for hydroxylation is 1. The van der Waals surface area contributed by atoms with Crippen molar-refractivity contribution in [3.05, 3.63) is 52.2 Å². The van der Waals surface area contributed by atoms with E-state index >= 15 is 0 Å². The van der Waals surface area contributed by atoms with Gasteiger partial charge >= 0.3 is 0 Å². The minimum Gasteiger partial charge on any atom is -0.484 e. The highest BCUT2D eigenvalue weighted by Crippen LogP contribution is 2.18. The fourth-order valence-corrected chi connectivity index (χ4v) is 2.41. The third-order valence-electron chi connectivity index (χ3n) is 2.74. The van der Waals surface area contributed by atoms with Crippen molar-refractivity contribution in [1.82, 2.24) is 5.32 Å². The number of thiophene rings is 1. The van der Waals surface area contributed by atoms with Crippen LogP contribution in [0.15, 0.2) is 41.8 Å². The van der Waals surface area contributed by atoms with Gasteiger partial charge in [0.2, 0.25) is 0 Å². The lowest BCUT2D eigenvalue weighted by Crippen LogP contribution is -2.30. The fourth-order valence-electron chi connectivity index (χ4n) is 1.68. The SMILES string of the molecule is Cc1ccc(OCC(=O)NC(C)c2cccs2)cc1. The molecule has 0 aliphatic heterocycles. The molecule has 0 fully saturated rings. The van der Waals surface area contributed by atoms with Crippen molar-refractivity contribution < 1.29 is 9.53 Å². The van der Waals surface area contributed by atoms with Crippen molar-refractivity contribution in [3.63, 3.8) is 0 Å². The molecule has 0 saturated carbocycles. The molecule has 1 aromatic carbocycles. The number of amides is 1. The summed E-state index contributed by atoms with van der Waals surface area (Å²) < 4.78 is 5.43. The normalized spacial score (nSPS) is 11.9. The Morgan fingerprint density at radius 1 is 1.32 bits per heavy atom. The Hall–Kier alpha value is -1.81. The highest BCUT2D eigenvalue weighted by Gasteiger charge is 2.10. The number of hydrogen-bond donors (Lipinski definition) is 1. The maximum atomic E-state index is 11.8. The average Bonchev–Trinajstić information content (AvgIpc) is 2.92. The number of rotatable bonds is 5. The topological polar surface area (TPSA) is 38.3 Å². The minimum absolute atomic E-state index is 0.0223. The van der Waals surface area contributed by atoms with E-state index in [0.29, 0.717) is 5.75 Å². The first kappa shape index (κ1) is 13.6. The molecular weight excluding hydrogens is 258 g/mol. The van der Waals surface area contributed by atoms with Crippen molar-refractivity contribution in [1.29, 1.82) is 0 Å². The molecule has 1 N–H and O–H groups in total. The zero-order chi connectivity index (χ0) is 13.7. The van der Waals surface area contributed by atoms with Crippen LogP contribution in [-0.2, 0) is 4.79 Å². The van der Waals surface area contributed by atoms with Gasteiger partial charge in [0.15, 0.2) is 6.61 Å². The number of benzene rings is 1. The maximum absolute atomic E-state index is 11.8. The predicted molar refractivity (Wildman–Crippen MR) is 77.6 cm³/mol. The highest BCUT2D eigenvalue weighted by molar-refractivity contribution is 7.10. The van der Waals surface area contributed by atoms with Gasteiger partial charge in [-0.2, -0.15) is 0 Å².